The molecule has 5 heteroatoms. The first kappa shape index (κ1) is 11.3. The average molecular weight is 225 g/mol. The Bertz CT molecular complexity index is 401. The fourth-order valence-corrected chi connectivity index (χ4v) is 1.23. The van der Waals surface area contributed by atoms with Crippen LogP contribution in [0.2, 0.25) is 5.02 Å². The minimum Gasteiger partial charge on any atom is -0.449 e. The van der Waals surface area contributed by atoms with E-state index in [-0.39, 0.29) is 6.61 Å². The van der Waals surface area contributed by atoms with E-state index in [1.165, 1.54) is 0 Å². The number of ether oxygens (including phenoxy) is 1. The van der Waals surface area contributed by atoms with Gasteiger partial charge in [0.15, 0.2) is 6.19 Å². The summed E-state index contributed by atoms with van der Waals surface area (Å²) in [5.74, 6) is 0. The molecule has 0 aliphatic rings. The van der Waals surface area contributed by atoms with Crippen LogP contribution < -0.4 is 4.90 Å². The third-order valence-corrected chi connectivity index (χ3v) is 1.96. The van der Waals surface area contributed by atoms with Crippen molar-refractivity contribution in [2.75, 3.05) is 11.5 Å². The Balaban J connectivity index is 2.99. The minimum absolute atomic E-state index is 0.210. The molecule has 15 heavy (non-hydrogen) atoms. The van der Waals surface area contributed by atoms with Crippen molar-refractivity contribution in [3.05, 3.63) is 29.3 Å². The summed E-state index contributed by atoms with van der Waals surface area (Å²) in [4.78, 5) is 12.2. The lowest BCUT2D eigenvalue weighted by Crippen LogP contribution is -2.26. The standard InChI is InChI=1S/C10H9ClN2O2/c1-2-15-10(14)13(7-12)9-6-4-3-5-8(9)11/h3-6H,2H2,1H3. The number of benzene rings is 1. The van der Waals surface area contributed by atoms with E-state index in [1.54, 1.807) is 37.4 Å². The number of nitriles is 1. The molecule has 0 N–H and O–H groups in total. The zero-order valence-electron chi connectivity index (χ0n) is 8.11. The number of carbonyl (C=O) groups excluding carboxylic acids is 1. The summed E-state index contributed by atoms with van der Waals surface area (Å²) in [7, 11) is 0. The highest BCUT2D eigenvalue weighted by molar-refractivity contribution is 6.33. The Morgan fingerprint density at radius 3 is 2.80 bits per heavy atom. The SMILES string of the molecule is CCOC(=O)N(C#N)c1ccccc1Cl. The van der Waals surface area contributed by atoms with Crippen LogP contribution in [0.15, 0.2) is 24.3 Å². The molecule has 0 aliphatic heterocycles. The maximum Gasteiger partial charge on any atom is 0.427 e. The second kappa shape index (κ2) is 5.23. The van der Waals surface area contributed by atoms with Crippen LogP contribution >= 0.6 is 11.6 Å². The normalized spacial score (nSPS) is 9.13. The van der Waals surface area contributed by atoms with Crippen molar-refractivity contribution in [3.63, 3.8) is 0 Å². The molecule has 0 fully saturated rings. The predicted octanol–water partition coefficient (Wildman–Crippen LogP) is 2.78. The van der Waals surface area contributed by atoms with Crippen LogP contribution in [0, 0.1) is 11.5 Å². The first-order valence-electron chi connectivity index (χ1n) is 4.31. The number of halogens is 1. The quantitative estimate of drug-likeness (QED) is 0.573. The van der Waals surface area contributed by atoms with E-state index >= 15 is 0 Å². The van der Waals surface area contributed by atoms with Gasteiger partial charge in [-0.05, 0) is 19.1 Å². The van der Waals surface area contributed by atoms with E-state index in [0.717, 1.165) is 4.90 Å². The fraction of sp³-hybridized carbons (Fsp3) is 0.200. The second-order valence-electron chi connectivity index (χ2n) is 2.59. The maximum absolute atomic E-state index is 11.3. The number of amides is 1. The summed E-state index contributed by atoms with van der Waals surface area (Å²) < 4.78 is 4.71. The molecule has 0 spiro atoms. The molecule has 0 aromatic heterocycles. The third kappa shape index (κ3) is 2.61. The second-order valence-corrected chi connectivity index (χ2v) is 2.99. The Kier molecular flexibility index (Phi) is 3.95. The summed E-state index contributed by atoms with van der Waals surface area (Å²) in [5.41, 5.74) is 0.320. The van der Waals surface area contributed by atoms with Gasteiger partial charge in [0.1, 0.15) is 0 Å². The van der Waals surface area contributed by atoms with Gasteiger partial charge in [-0.1, -0.05) is 23.7 Å². The van der Waals surface area contributed by atoms with E-state index in [1.807, 2.05) is 0 Å². The largest absolute Gasteiger partial charge is 0.449 e. The Morgan fingerprint density at radius 2 is 2.27 bits per heavy atom. The van der Waals surface area contributed by atoms with Gasteiger partial charge in [0, 0.05) is 0 Å². The summed E-state index contributed by atoms with van der Waals surface area (Å²) >= 11 is 5.84. The van der Waals surface area contributed by atoms with Crippen molar-refractivity contribution in [2.45, 2.75) is 6.92 Å². The molecule has 78 valence electrons. The Morgan fingerprint density at radius 1 is 1.60 bits per heavy atom. The van der Waals surface area contributed by atoms with Crippen LogP contribution in [0.25, 0.3) is 0 Å². The molecule has 1 aromatic carbocycles. The third-order valence-electron chi connectivity index (χ3n) is 1.64. The van der Waals surface area contributed by atoms with E-state index in [4.69, 9.17) is 21.6 Å². The van der Waals surface area contributed by atoms with Crippen LogP contribution in [-0.2, 0) is 4.74 Å². The number of hydrogen-bond acceptors (Lipinski definition) is 3. The lowest BCUT2D eigenvalue weighted by atomic mass is 10.3. The number of rotatable bonds is 2. The lowest BCUT2D eigenvalue weighted by Gasteiger charge is -2.13. The maximum atomic E-state index is 11.3. The van der Waals surface area contributed by atoms with Gasteiger partial charge < -0.3 is 4.74 Å². The minimum atomic E-state index is -0.729. The van der Waals surface area contributed by atoms with E-state index < -0.39 is 6.09 Å². The molecule has 1 amide bonds. The summed E-state index contributed by atoms with van der Waals surface area (Å²) in [5, 5.41) is 9.14. The molecular formula is C10H9ClN2O2. The van der Waals surface area contributed by atoms with E-state index in [0.29, 0.717) is 10.7 Å². The first-order chi connectivity index (χ1) is 7.20. The Labute approximate surface area is 92.6 Å². The van der Waals surface area contributed by atoms with Gasteiger partial charge in [-0.25, -0.2) is 4.79 Å². The fourth-order valence-electron chi connectivity index (χ4n) is 1.01. The van der Waals surface area contributed by atoms with Gasteiger partial charge in [0.25, 0.3) is 0 Å². The number of anilines is 1. The van der Waals surface area contributed by atoms with Crippen LogP contribution in [0.4, 0.5) is 10.5 Å². The van der Waals surface area contributed by atoms with Crippen molar-refractivity contribution in [2.24, 2.45) is 0 Å². The first-order valence-corrected chi connectivity index (χ1v) is 4.69. The zero-order chi connectivity index (χ0) is 11.3. The average Bonchev–Trinajstić information content (AvgIpc) is 2.22. The molecule has 0 heterocycles. The van der Waals surface area contributed by atoms with Gasteiger partial charge in [0.05, 0.1) is 17.3 Å². The summed E-state index contributed by atoms with van der Waals surface area (Å²) in [6, 6.07) is 6.57. The monoisotopic (exact) mass is 224 g/mol. The molecule has 0 bridgehead atoms. The van der Waals surface area contributed by atoms with Crippen molar-refractivity contribution >= 4 is 23.4 Å². The molecule has 0 radical (unpaired) electrons. The highest BCUT2D eigenvalue weighted by Crippen LogP contribution is 2.25. The van der Waals surface area contributed by atoms with Gasteiger partial charge in [0.2, 0.25) is 0 Å². The summed E-state index contributed by atoms with van der Waals surface area (Å²) in [6.07, 6.45) is 0.989. The highest BCUT2D eigenvalue weighted by Gasteiger charge is 2.18. The van der Waals surface area contributed by atoms with Gasteiger partial charge in [-0.3, -0.25) is 0 Å². The molecule has 0 saturated carbocycles. The van der Waals surface area contributed by atoms with Crippen LogP contribution in [0.1, 0.15) is 6.92 Å². The summed E-state index contributed by atoms with van der Waals surface area (Å²) in [6.45, 7) is 1.88. The van der Waals surface area contributed by atoms with Crippen molar-refractivity contribution < 1.29 is 9.53 Å². The van der Waals surface area contributed by atoms with Gasteiger partial charge in [-0.15, -0.1) is 0 Å². The van der Waals surface area contributed by atoms with Crippen molar-refractivity contribution in [1.82, 2.24) is 0 Å². The zero-order valence-corrected chi connectivity index (χ0v) is 8.86. The molecule has 0 unspecified atom stereocenters. The molecule has 1 aromatic rings. The van der Waals surface area contributed by atoms with E-state index in [2.05, 4.69) is 0 Å². The van der Waals surface area contributed by atoms with Crippen molar-refractivity contribution in [3.8, 4) is 6.19 Å². The number of nitrogens with zero attached hydrogens (tertiary/aromatic N) is 2. The topological polar surface area (TPSA) is 53.3 Å². The molecule has 0 atom stereocenters. The Hall–Kier alpha value is -1.73. The van der Waals surface area contributed by atoms with Gasteiger partial charge in [-0.2, -0.15) is 10.2 Å². The smallest absolute Gasteiger partial charge is 0.427 e. The highest BCUT2D eigenvalue weighted by atomic mass is 35.5. The van der Waals surface area contributed by atoms with Crippen LogP contribution in [0.5, 0.6) is 0 Å². The van der Waals surface area contributed by atoms with E-state index in [9.17, 15) is 4.79 Å². The number of hydrogen-bond donors (Lipinski definition) is 0. The molecular weight excluding hydrogens is 216 g/mol. The number of para-hydroxylation sites is 1. The van der Waals surface area contributed by atoms with Crippen molar-refractivity contribution in [1.29, 1.82) is 5.26 Å². The molecule has 4 nitrogen and oxygen atoms in total. The van der Waals surface area contributed by atoms with Crippen LogP contribution in [-0.4, -0.2) is 12.7 Å². The molecule has 1 rings (SSSR count). The van der Waals surface area contributed by atoms with Gasteiger partial charge >= 0.3 is 6.09 Å². The number of carbonyl (C=O) groups is 1. The molecule has 0 saturated heterocycles. The van der Waals surface area contributed by atoms with Crippen LogP contribution in [0.3, 0.4) is 0 Å². The predicted molar refractivity (Wildman–Crippen MR) is 56.6 cm³/mol. The molecule has 0 aliphatic carbocycles. The lowest BCUT2D eigenvalue weighted by molar-refractivity contribution is 0.163.